The van der Waals surface area contributed by atoms with Crippen molar-refractivity contribution in [1.29, 1.82) is 0 Å². The van der Waals surface area contributed by atoms with E-state index in [9.17, 15) is 4.79 Å². The Kier molecular flexibility index (Phi) is 5.71. The summed E-state index contributed by atoms with van der Waals surface area (Å²) in [7, 11) is 0. The molecular formula is C12H16ClNOS. The van der Waals surface area contributed by atoms with Crippen LogP contribution in [0.4, 0.5) is 0 Å². The molecule has 2 nitrogen and oxygen atoms in total. The number of carbonyl (C=O) groups is 1. The molecule has 1 aromatic carbocycles. The Morgan fingerprint density at radius 2 is 2.31 bits per heavy atom. The summed E-state index contributed by atoms with van der Waals surface area (Å²) in [6.07, 6.45) is 2.02. The van der Waals surface area contributed by atoms with Crippen molar-refractivity contribution in [3.63, 3.8) is 0 Å². The zero-order chi connectivity index (χ0) is 12.0. The Hall–Kier alpha value is -0.670. The number of nitrogens with one attached hydrogen (secondary N) is 1. The van der Waals surface area contributed by atoms with Crippen LogP contribution in [-0.2, 0) is 5.88 Å². The van der Waals surface area contributed by atoms with Crippen LogP contribution in [0.15, 0.2) is 24.3 Å². The summed E-state index contributed by atoms with van der Waals surface area (Å²) >= 11 is 7.44. The number of alkyl halides is 1. The minimum absolute atomic E-state index is 0.0338. The quantitative estimate of drug-likeness (QED) is 0.822. The highest BCUT2D eigenvalue weighted by Crippen LogP contribution is 2.08. The molecule has 0 aliphatic rings. The Morgan fingerprint density at radius 1 is 1.56 bits per heavy atom. The van der Waals surface area contributed by atoms with Gasteiger partial charge >= 0.3 is 0 Å². The SMILES string of the molecule is CSCC(C)NC(=O)c1cccc(CCl)c1. The van der Waals surface area contributed by atoms with Gasteiger partial charge in [-0.25, -0.2) is 0 Å². The predicted molar refractivity (Wildman–Crippen MR) is 71.3 cm³/mol. The summed E-state index contributed by atoms with van der Waals surface area (Å²) in [5.41, 5.74) is 1.64. The van der Waals surface area contributed by atoms with Gasteiger partial charge < -0.3 is 5.32 Å². The molecule has 0 spiro atoms. The first-order valence-electron chi connectivity index (χ1n) is 5.12. The standard InChI is InChI=1S/C12H16ClNOS/c1-9(8-16-2)14-12(15)11-5-3-4-10(6-11)7-13/h3-6,9H,7-8H2,1-2H3,(H,14,15). The van der Waals surface area contributed by atoms with Crippen LogP contribution in [-0.4, -0.2) is 24.0 Å². The molecule has 16 heavy (non-hydrogen) atoms. The van der Waals surface area contributed by atoms with Crippen molar-refractivity contribution < 1.29 is 4.79 Å². The van der Waals surface area contributed by atoms with Gasteiger partial charge in [-0.15, -0.1) is 11.6 Å². The van der Waals surface area contributed by atoms with E-state index in [-0.39, 0.29) is 11.9 Å². The maximum absolute atomic E-state index is 11.8. The van der Waals surface area contributed by atoms with Crippen molar-refractivity contribution in [3.05, 3.63) is 35.4 Å². The first-order chi connectivity index (χ1) is 7.67. The van der Waals surface area contributed by atoms with Gasteiger partial charge in [-0.3, -0.25) is 4.79 Å². The molecule has 0 saturated heterocycles. The lowest BCUT2D eigenvalue weighted by molar-refractivity contribution is 0.0943. The molecule has 0 aliphatic heterocycles. The fourth-order valence-electron chi connectivity index (χ4n) is 1.39. The molecule has 0 bridgehead atoms. The molecule has 1 amide bonds. The molecule has 0 saturated carbocycles. The first-order valence-corrected chi connectivity index (χ1v) is 7.05. The summed E-state index contributed by atoms with van der Waals surface area (Å²) < 4.78 is 0. The highest BCUT2D eigenvalue weighted by atomic mass is 35.5. The van der Waals surface area contributed by atoms with E-state index in [1.165, 1.54) is 0 Å². The van der Waals surface area contributed by atoms with Crippen molar-refractivity contribution in [3.8, 4) is 0 Å². The van der Waals surface area contributed by atoms with Gasteiger partial charge in [0.1, 0.15) is 0 Å². The largest absolute Gasteiger partial charge is 0.349 e. The second kappa shape index (κ2) is 6.81. The van der Waals surface area contributed by atoms with Crippen LogP contribution in [0.3, 0.4) is 0 Å². The van der Waals surface area contributed by atoms with Crippen LogP contribution >= 0.6 is 23.4 Å². The highest BCUT2D eigenvalue weighted by molar-refractivity contribution is 7.98. The molecule has 1 rings (SSSR count). The van der Waals surface area contributed by atoms with Crippen molar-refractivity contribution >= 4 is 29.3 Å². The third-order valence-electron chi connectivity index (χ3n) is 2.14. The van der Waals surface area contributed by atoms with E-state index in [0.29, 0.717) is 11.4 Å². The van der Waals surface area contributed by atoms with Gasteiger partial charge in [0.25, 0.3) is 5.91 Å². The van der Waals surface area contributed by atoms with Crippen molar-refractivity contribution in [2.45, 2.75) is 18.8 Å². The van der Waals surface area contributed by atoms with Gasteiger partial charge in [-0.2, -0.15) is 11.8 Å². The molecule has 4 heteroatoms. The van der Waals surface area contributed by atoms with E-state index in [2.05, 4.69) is 5.32 Å². The van der Waals surface area contributed by atoms with E-state index >= 15 is 0 Å². The van der Waals surface area contributed by atoms with Gasteiger partial charge in [0.15, 0.2) is 0 Å². The summed E-state index contributed by atoms with van der Waals surface area (Å²) in [6.45, 7) is 2.00. The average Bonchev–Trinajstić information content (AvgIpc) is 2.29. The third kappa shape index (κ3) is 4.06. The summed E-state index contributed by atoms with van der Waals surface area (Å²) in [6, 6.07) is 7.58. The van der Waals surface area contributed by atoms with Gasteiger partial charge in [-0.05, 0) is 30.9 Å². The lowest BCUT2D eigenvalue weighted by atomic mass is 10.1. The second-order valence-corrected chi connectivity index (χ2v) is 4.84. The number of amides is 1. The molecule has 88 valence electrons. The molecule has 0 fully saturated rings. The fourth-order valence-corrected chi connectivity index (χ4v) is 2.14. The molecule has 0 aliphatic carbocycles. The molecule has 1 unspecified atom stereocenters. The number of benzene rings is 1. The van der Waals surface area contributed by atoms with Gasteiger partial charge in [-0.1, -0.05) is 12.1 Å². The van der Waals surface area contributed by atoms with Crippen LogP contribution < -0.4 is 5.32 Å². The van der Waals surface area contributed by atoms with Crippen LogP contribution in [0.5, 0.6) is 0 Å². The zero-order valence-electron chi connectivity index (χ0n) is 9.50. The van der Waals surface area contributed by atoms with E-state index in [1.807, 2.05) is 31.4 Å². The van der Waals surface area contributed by atoms with Crippen LogP contribution in [0.2, 0.25) is 0 Å². The Labute approximate surface area is 106 Å². The number of hydrogen-bond donors (Lipinski definition) is 1. The van der Waals surface area contributed by atoms with Crippen LogP contribution in [0, 0.1) is 0 Å². The van der Waals surface area contributed by atoms with E-state index < -0.39 is 0 Å². The molecule has 1 aromatic rings. The maximum Gasteiger partial charge on any atom is 0.251 e. The Balaban J connectivity index is 2.65. The minimum atomic E-state index is -0.0338. The number of halogens is 1. The van der Waals surface area contributed by atoms with Gasteiger partial charge in [0.2, 0.25) is 0 Å². The second-order valence-electron chi connectivity index (χ2n) is 3.66. The van der Waals surface area contributed by atoms with E-state index in [0.717, 1.165) is 11.3 Å². The Bertz CT molecular complexity index is 357. The number of thioether (sulfide) groups is 1. The lowest BCUT2D eigenvalue weighted by Crippen LogP contribution is -2.34. The summed E-state index contributed by atoms with van der Waals surface area (Å²) in [4.78, 5) is 11.8. The van der Waals surface area contributed by atoms with E-state index in [1.54, 1.807) is 17.8 Å². The first kappa shape index (κ1) is 13.4. The monoisotopic (exact) mass is 257 g/mol. The molecule has 0 radical (unpaired) electrons. The number of hydrogen-bond acceptors (Lipinski definition) is 2. The maximum atomic E-state index is 11.8. The van der Waals surface area contributed by atoms with Crippen molar-refractivity contribution in [2.24, 2.45) is 0 Å². The Morgan fingerprint density at radius 3 is 2.94 bits per heavy atom. The normalized spacial score (nSPS) is 12.2. The van der Waals surface area contributed by atoms with Crippen molar-refractivity contribution in [1.82, 2.24) is 5.32 Å². The summed E-state index contributed by atoms with van der Waals surface area (Å²) in [5.74, 6) is 1.32. The molecule has 1 atom stereocenters. The topological polar surface area (TPSA) is 29.1 Å². The molecule has 1 N–H and O–H groups in total. The molecular weight excluding hydrogens is 242 g/mol. The van der Waals surface area contributed by atoms with Crippen LogP contribution in [0.25, 0.3) is 0 Å². The minimum Gasteiger partial charge on any atom is -0.349 e. The number of rotatable bonds is 5. The zero-order valence-corrected chi connectivity index (χ0v) is 11.1. The highest BCUT2D eigenvalue weighted by Gasteiger charge is 2.09. The molecule has 0 heterocycles. The fraction of sp³-hybridized carbons (Fsp3) is 0.417. The van der Waals surface area contributed by atoms with Crippen molar-refractivity contribution in [2.75, 3.05) is 12.0 Å². The smallest absolute Gasteiger partial charge is 0.251 e. The average molecular weight is 258 g/mol. The predicted octanol–water partition coefficient (Wildman–Crippen LogP) is 2.91. The van der Waals surface area contributed by atoms with E-state index in [4.69, 9.17) is 11.6 Å². The number of carbonyl (C=O) groups excluding carboxylic acids is 1. The lowest BCUT2D eigenvalue weighted by Gasteiger charge is -2.12. The third-order valence-corrected chi connectivity index (χ3v) is 3.28. The molecule has 0 aromatic heterocycles. The summed E-state index contributed by atoms with van der Waals surface area (Å²) in [5, 5.41) is 2.95. The van der Waals surface area contributed by atoms with Gasteiger partial charge in [0.05, 0.1) is 0 Å². The van der Waals surface area contributed by atoms with Crippen LogP contribution in [0.1, 0.15) is 22.8 Å². The van der Waals surface area contributed by atoms with Gasteiger partial charge in [0, 0.05) is 23.2 Å².